The zero-order chi connectivity index (χ0) is 17.8. The molecule has 2 amide bonds. The molecular weight excluding hydrogens is 340 g/mol. The lowest BCUT2D eigenvalue weighted by molar-refractivity contribution is -0.121. The molecule has 1 saturated heterocycles. The molecule has 0 aromatic heterocycles. The minimum atomic E-state index is -0.0677. The van der Waals surface area contributed by atoms with Crippen LogP contribution in [0.3, 0.4) is 0 Å². The van der Waals surface area contributed by atoms with Gasteiger partial charge in [-0.2, -0.15) is 0 Å². The predicted molar refractivity (Wildman–Crippen MR) is 97.3 cm³/mol. The molecule has 2 heterocycles. The van der Waals surface area contributed by atoms with Crippen LogP contribution in [-0.2, 0) is 17.8 Å². The number of benzene rings is 1. The van der Waals surface area contributed by atoms with Crippen LogP contribution in [-0.4, -0.2) is 47.6 Å². The number of hydrogen-bond donors (Lipinski definition) is 1. The van der Waals surface area contributed by atoms with Crippen LogP contribution in [0.4, 0.5) is 4.79 Å². The summed E-state index contributed by atoms with van der Waals surface area (Å²) in [6.45, 7) is 6.15. The van der Waals surface area contributed by atoms with Crippen molar-refractivity contribution in [3.8, 4) is 11.5 Å². The van der Waals surface area contributed by atoms with E-state index in [9.17, 15) is 9.59 Å². The van der Waals surface area contributed by atoms with E-state index in [0.717, 1.165) is 41.3 Å². The Bertz CT molecular complexity index is 665. The van der Waals surface area contributed by atoms with Gasteiger partial charge < -0.3 is 19.7 Å². The third-order valence-corrected chi connectivity index (χ3v) is 5.20. The number of nitrogens with one attached hydrogen (secondary N) is 1. The molecule has 0 radical (unpaired) electrons. The van der Waals surface area contributed by atoms with Gasteiger partial charge in [-0.25, -0.2) is 0 Å². The Kier molecular flexibility index (Phi) is 5.73. The third-order valence-electron chi connectivity index (χ3n) is 4.31. The lowest BCUT2D eigenvalue weighted by Gasteiger charge is -2.15. The second kappa shape index (κ2) is 7.99. The van der Waals surface area contributed by atoms with Gasteiger partial charge in [-0.15, -0.1) is 0 Å². The van der Waals surface area contributed by atoms with E-state index in [1.165, 1.54) is 11.8 Å². The van der Waals surface area contributed by atoms with Gasteiger partial charge >= 0.3 is 0 Å². The van der Waals surface area contributed by atoms with E-state index in [2.05, 4.69) is 5.32 Å². The first kappa shape index (κ1) is 17.9. The van der Waals surface area contributed by atoms with Crippen LogP contribution in [0.1, 0.15) is 31.4 Å². The first-order valence-electron chi connectivity index (χ1n) is 8.70. The number of hydrogen-bond acceptors (Lipinski definition) is 5. The van der Waals surface area contributed by atoms with Crippen molar-refractivity contribution < 1.29 is 19.1 Å². The fraction of sp³-hybridized carbons (Fsp3) is 0.556. The van der Waals surface area contributed by atoms with E-state index in [0.29, 0.717) is 26.1 Å². The Hall–Kier alpha value is -1.89. The van der Waals surface area contributed by atoms with Gasteiger partial charge in [-0.1, -0.05) is 11.8 Å². The summed E-state index contributed by atoms with van der Waals surface area (Å²) in [4.78, 5) is 25.4. The summed E-state index contributed by atoms with van der Waals surface area (Å²) in [6.07, 6.45) is 1.36. The van der Waals surface area contributed by atoms with E-state index in [-0.39, 0.29) is 17.3 Å². The summed E-state index contributed by atoms with van der Waals surface area (Å²) < 4.78 is 11.5. The molecular formula is C18H24N2O4S. The normalized spacial score (nSPS) is 18.9. The zero-order valence-electron chi connectivity index (χ0n) is 14.7. The molecule has 0 saturated carbocycles. The van der Waals surface area contributed by atoms with Gasteiger partial charge in [0.25, 0.3) is 5.24 Å². The van der Waals surface area contributed by atoms with Crippen LogP contribution in [0.5, 0.6) is 11.5 Å². The molecule has 1 aromatic carbocycles. The molecule has 3 rings (SSSR count). The van der Waals surface area contributed by atoms with Crippen LogP contribution in [0.25, 0.3) is 0 Å². The Morgan fingerprint density at radius 3 is 3.04 bits per heavy atom. The van der Waals surface area contributed by atoms with Crippen molar-refractivity contribution >= 4 is 22.9 Å². The highest BCUT2D eigenvalue weighted by Crippen LogP contribution is 2.35. The fourth-order valence-corrected chi connectivity index (χ4v) is 3.91. The Morgan fingerprint density at radius 2 is 2.32 bits per heavy atom. The topological polar surface area (TPSA) is 67.9 Å². The Morgan fingerprint density at radius 1 is 1.48 bits per heavy atom. The minimum absolute atomic E-state index is 0.0660. The van der Waals surface area contributed by atoms with Crippen molar-refractivity contribution in [1.29, 1.82) is 0 Å². The number of carbonyl (C=O) groups is 2. The van der Waals surface area contributed by atoms with Crippen LogP contribution in [0, 0.1) is 0 Å². The highest BCUT2D eigenvalue weighted by Gasteiger charge is 2.23. The van der Waals surface area contributed by atoms with Crippen molar-refractivity contribution in [3.05, 3.63) is 23.3 Å². The van der Waals surface area contributed by atoms with E-state index >= 15 is 0 Å². The molecule has 1 unspecified atom stereocenters. The zero-order valence-corrected chi connectivity index (χ0v) is 15.5. The molecule has 6 nitrogen and oxygen atoms in total. The van der Waals surface area contributed by atoms with E-state index in [4.69, 9.17) is 9.47 Å². The lowest BCUT2D eigenvalue weighted by atomic mass is 10.1. The highest BCUT2D eigenvalue weighted by atomic mass is 32.2. The standard InChI is InChI=1S/C18H24N2O4S/c1-3-23-15-9-13-8-12(2)24-16(13)10-14(15)11-19-17(21)4-5-20-6-7-25-18(20)22/h9-10,12H,3-8,11H2,1-2H3,(H,19,21). The van der Waals surface area contributed by atoms with Gasteiger partial charge in [0, 0.05) is 49.4 Å². The third kappa shape index (κ3) is 4.39. The molecule has 1 fully saturated rings. The van der Waals surface area contributed by atoms with Crippen LogP contribution in [0.2, 0.25) is 0 Å². The average Bonchev–Trinajstić information content (AvgIpc) is 3.15. The number of rotatable bonds is 7. The number of amides is 2. The second-order valence-corrected chi connectivity index (χ2v) is 7.31. The molecule has 2 aliphatic rings. The Balaban J connectivity index is 1.57. The van der Waals surface area contributed by atoms with Crippen molar-refractivity contribution in [2.45, 2.75) is 39.3 Å². The molecule has 7 heteroatoms. The monoisotopic (exact) mass is 364 g/mol. The van der Waals surface area contributed by atoms with Gasteiger partial charge in [0.05, 0.1) is 6.61 Å². The maximum Gasteiger partial charge on any atom is 0.281 e. The van der Waals surface area contributed by atoms with Crippen LogP contribution < -0.4 is 14.8 Å². The SMILES string of the molecule is CCOc1cc2c(cc1CNC(=O)CCN1CCSC1=O)OC(C)C2. The summed E-state index contributed by atoms with van der Waals surface area (Å²) in [5.74, 6) is 2.42. The van der Waals surface area contributed by atoms with Gasteiger partial charge in [-0.3, -0.25) is 9.59 Å². The molecule has 0 aliphatic carbocycles. The molecule has 1 N–H and O–H groups in total. The summed E-state index contributed by atoms with van der Waals surface area (Å²) in [6, 6.07) is 3.98. The van der Waals surface area contributed by atoms with Crippen molar-refractivity contribution in [1.82, 2.24) is 10.2 Å². The van der Waals surface area contributed by atoms with E-state index in [1.807, 2.05) is 26.0 Å². The Labute approximate surface area is 152 Å². The van der Waals surface area contributed by atoms with E-state index < -0.39 is 0 Å². The van der Waals surface area contributed by atoms with Gasteiger partial charge in [-0.05, 0) is 26.0 Å². The largest absolute Gasteiger partial charge is 0.494 e. The second-order valence-electron chi connectivity index (χ2n) is 6.26. The lowest BCUT2D eigenvalue weighted by Crippen LogP contribution is -2.30. The number of nitrogens with zero attached hydrogens (tertiary/aromatic N) is 1. The van der Waals surface area contributed by atoms with E-state index in [1.54, 1.807) is 4.90 Å². The van der Waals surface area contributed by atoms with Gasteiger partial charge in [0.1, 0.15) is 17.6 Å². The van der Waals surface area contributed by atoms with Crippen LogP contribution in [0.15, 0.2) is 12.1 Å². The molecule has 25 heavy (non-hydrogen) atoms. The molecule has 0 bridgehead atoms. The molecule has 1 atom stereocenters. The first-order valence-corrected chi connectivity index (χ1v) is 9.69. The van der Waals surface area contributed by atoms with Crippen LogP contribution >= 0.6 is 11.8 Å². The predicted octanol–water partition coefficient (Wildman–Crippen LogP) is 2.58. The fourth-order valence-electron chi connectivity index (χ4n) is 3.06. The number of ether oxygens (including phenoxy) is 2. The number of thioether (sulfide) groups is 1. The summed E-state index contributed by atoms with van der Waals surface area (Å²) in [7, 11) is 0. The number of fused-ring (bicyclic) bond motifs is 1. The first-order chi connectivity index (χ1) is 12.1. The van der Waals surface area contributed by atoms with Crippen molar-refractivity contribution in [2.24, 2.45) is 0 Å². The molecule has 1 aromatic rings. The summed E-state index contributed by atoms with van der Waals surface area (Å²) >= 11 is 1.31. The highest BCUT2D eigenvalue weighted by molar-refractivity contribution is 8.13. The quantitative estimate of drug-likeness (QED) is 0.805. The minimum Gasteiger partial charge on any atom is -0.494 e. The average molecular weight is 364 g/mol. The summed E-state index contributed by atoms with van der Waals surface area (Å²) in [5, 5.41) is 2.99. The maximum absolute atomic E-state index is 12.1. The maximum atomic E-state index is 12.1. The summed E-state index contributed by atoms with van der Waals surface area (Å²) in [5.41, 5.74) is 2.06. The van der Waals surface area contributed by atoms with Gasteiger partial charge in [0.2, 0.25) is 5.91 Å². The van der Waals surface area contributed by atoms with Crippen molar-refractivity contribution in [3.63, 3.8) is 0 Å². The number of carbonyl (C=O) groups excluding carboxylic acids is 2. The molecule has 136 valence electrons. The smallest absolute Gasteiger partial charge is 0.281 e. The van der Waals surface area contributed by atoms with Crippen molar-refractivity contribution in [2.75, 3.05) is 25.4 Å². The molecule has 0 spiro atoms. The van der Waals surface area contributed by atoms with Gasteiger partial charge in [0.15, 0.2) is 0 Å². The molecule has 2 aliphatic heterocycles.